The van der Waals surface area contributed by atoms with Crippen LogP contribution in [-0.2, 0) is 0 Å². The second-order valence-electron chi connectivity index (χ2n) is 3.11. The number of primary amides is 1. The van der Waals surface area contributed by atoms with E-state index >= 15 is 0 Å². The Hall–Kier alpha value is -1.71. The standard InChI is InChI=1S/C7H14F3N5O2/c8-7(9,10)4(5(11)15-17)3-13-1-2-14-6(12)16/h4,13,17H,1-3H2,(H2,11,15)(H3,12,14,16). The molecule has 0 aliphatic heterocycles. The molecule has 10 heteroatoms. The molecule has 1 unspecified atom stereocenters. The summed E-state index contributed by atoms with van der Waals surface area (Å²) in [6.07, 6.45) is -4.61. The molecule has 7 nitrogen and oxygen atoms in total. The van der Waals surface area contributed by atoms with Gasteiger partial charge in [0, 0.05) is 19.6 Å². The molecule has 7 N–H and O–H groups in total. The highest BCUT2D eigenvalue weighted by Gasteiger charge is 2.42. The topological polar surface area (TPSA) is 126 Å². The maximum atomic E-state index is 12.4. The van der Waals surface area contributed by atoms with Gasteiger partial charge in [0.05, 0.1) is 0 Å². The van der Waals surface area contributed by atoms with Crippen LogP contribution in [0.4, 0.5) is 18.0 Å². The molecule has 0 rings (SSSR count). The van der Waals surface area contributed by atoms with Crippen LogP contribution in [0.1, 0.15) is 0 Å². The lowest BCUT2D eigenvalue weighted by molar-refractivity contribution is -0.154. The molecule has 0 aromatic rings. The molecule has 2 amide bonds. The second-order valence-corrected chi connectivity index (χ2v) is 3.11. The molecule has 0 aromatic carbocycles. The van der Waals surface area contributed by atoms with Gasteiger partial charge in [-0.3, -0.25) is 0 Å². The van der Waals surface area contributed by atoms with Crippen LogP contribution < -0.4 is 22.1 Å². The predicted octanol–water partition coefficient (Wildman–Crippen LogP) is -0.831. The minimum Gasteiger partial charge on any atom is -0.409 e. The van der Waals surface area contributed by atoms with Crippen LogP contribution in [0, 0.1) is 5.92 Å². The van der Waals surface area contributed by atoms with Gasteiger partial charge in [0.2, 0.25) is 0 Å². The van der Waals surface area contributed by atoms with Crippen LogP contribution in [-0.4, -0.2) is 42.9 Å². The molecule has 17 heavy (non-hydrogen) atoms. The Morgan fingerprint density at radius 1 is 1.35 bits per heavy atom. The van der Waals surface area contributed by atoms with Gasteiger partial charge < -0.3 is 27.3 Å². The number of halogens is 3. The van der Waals surface area contributed by atoms with Crippen LogP contribution in [0.15, 0.2) is 5.16 Å². The van der Waals surface area contributed by atoms with Crippen molar-refractivity contribution in [2.75, 3.05) is 19.6 Å². The van der Waals surface area contributed by atoms with E-state index in [-0.39, 0.29) is 13.1 Å². The van der Waals surface area contributed by atoms with Crippen molar-refractivity contribution in [3.8, 4) is 0 Å². The Morgan fingerprint density at radius 2 is 1.94 bits per heavy atom. The number of carbonyl (C=O) groups is 1. The number of hydrogen-bond acceptors (Lipinski definition) is 4. The summed E-state index contributed by atoms with van der Waals surface area (Å²) in [4.78, 5) is 10.2. The SMILES string of the molecule is NC(=O)NCCNCC(C(N)=NO)C(F)(F)F. The molecule has 0 aromatic heterocycles. The number of nitrogens with two attached hydrogens (primary N) is 2. The zero-order chi connectivity index (χ0) is 13.5. The van der Waals surface area contributed by atoms with Crippen molar-refractivity contribution >= 4 is 11.9 Å². The smallest absolute Gasteiger partial charge is 0.400 e. The summed E-state index contributed by atoms with van der Waals surface area (Å²) in [5.41, 5.74) is 9.66. The molecule has 0 heterocycles. The minimum absolute atomic E-state index is 0.0776. The first-order valence-corrected chi connectivity index (χ1v) is 4.57. The zero-order valence-electron chi connectivity index (χ0n) is 8.79. The molecule has 0 saturated carbocycles. The monoisotopic (exact) mass is 257 g/mol. The maximum Gasteiger partial charge on any atom is 0.400 e. The van der Waals surface area contributed by atoms with Gasteiger partial charge in [-0.1, -0.05) is 5.16 Å². The Morgan fingerprint density at radius 3 is 2.35 bits per heavy atom. The van der Waals surface area contributed by atoms with Gasteiger partial charge in [-0.25, -0.2) is 4.79 Å². The van der Waals surface area contributed by atoms with Crippen molar-refractivity contribution in [2.24, 2.45) is 22.5 Å². The highest BCUT2D eigenvalue weighted by Crippen LogP contribution is 2.25. The largest absolute Gasteiger partial charge is 0.409 e. The summed E-state index contributed by atoms with van der Waals surface area (Å²) in [6.45, 7) is -0.399. The second kappa shape index (κ2) is 6.78. The Labute approximate surface area is 95.0 Å². The molecule has 0 aliphatic carbocycles. The van der Waals surface area contributed by atoms with Crippen LogP contribution in [0.25, 0.3) is 0 Å². The quantitative estimate of drug-likeness (QED) is 0.140. The first-order chi connectivity index (χ1) is 7.79. The number of amides is 2. The van der Waals surface area contributed by atoms with E-state index in [9.17, 15) is 18.0 Å². The molecule has 0 saturated heterocycles. The Kier molecular flexibility index (Phi) is 6.10. The lowest BCUT2D eigenvalue weighted by atomic mass is 10.1. The van der Waals surface area contributed by atoms with E-state index in [0.717, 1.165) is 0 Å². The van der Waals surface area contributed by atoms with Gasteiger partial charge in [0.15, 0.2) is 5.84 Å². The van der Waals surface area contributed by atoms with Gasteiger partial charge in [-0.05, 0) is 0 Å². The molecule has 1 atom stereocenters. The fourth-order valence-corrected chi connectivity index (χ4v) is 0.978. The van der Waals surface area contributed by atoms with Gasteiger partial charge >= 0.3 is 12.2 Å². The molecule has 0 bridgehead atoms. The molecule has 100 valence electrons. The number of hydrogen-bond donors (Lipinski definition) is 5. The van der Waals surface area contributed by atoms with E-state index in [4.69, 9.17) is 16.7 Å². The number of urea groups is 1. The maximum absolute atomic E-state index is 12.4. The van der Waals surface area contributed by atoms with Gasteiger partial charge in [0.1, 0.15) is 5.92 Å². The van der Waals surface area contributed by atoms with Crippen molar-refractivity contribution < 1.29 is 23.2 Å². The van der Waals surface area contributed by atoms with Crippen molar-refractivity contribution in [3.63, 3.8) is 0 Å². The third-order valence-electron chi connectivity index (χ3n) is 1.82. The zero-order valence-corrected chi connectivity index (χ0v) is 8.79. The highest BCUT2D eigenvalue weighted by molar-refractivity contribution is 5.83. The van der Waals surface area contributed by atoms with Gasteiger partial charge in [0.25, 0.3) is 0 Å². The summed E-state index contributed by atoms with van der Waals surface area (Å²) in [7, 11) is 0. The molecule has 0 radical (unpaired) electrons. The van der Waals surface area contributed by atoms with Gasteiger partial charge in [-0.15, -0.1) is 0 Å². The Bertz CT molecular complexity index is 281. The summed E-state index contributed by atoms with van der Waals surface area (Å²) in [5, 5.41) is 15.1. The highest BCUT2D eigenvalue weighted by atomic mass is 19.4. The fourth-order valence-electron chi connectivity index (χ4n) is 0.978. The molecule has 0 aliphatic rings. The van der Waals surface area contributed by atoms with E-state index in [2.05, 4.69) is 15.8 Å². The van der Waals surface area contributed by atoms with Crippen molar-refractivity contribution in [3.05, 3.63) is 0 Å². The third-order valence-corrected chi connectivity index (χ3v) is 1.82. The van der Waals surface area contributed by atoms with E-state index in [1.807, 2.05) is 0 Å². The first kappa shape index (κ1) is 15.3. The number of nitrogens with one attached hydrogen (secondary N) is 2. The molecule has 0 fully saturated rings. The van der Waals surface area contributed by atoms with Gasteiger partial charge in [-0.2, -0.15) is 13.2 Å². The average Bonchev–Trinajstić information content (AvgIpc) is 2.20. The van der Waals surface area contributed by atoms with E-state index < -0.39 is 30.5 Å². The predicted molar refractivity (Wildman–Crippen MR) is 53.4 cm³/mol. The van der Waals surface area contributed by atoms with Crippen LogP contribution in [0.2, 0.25) is 0 Å². The summed E-state index contributed by atoms with van der Waals surface area (Å²) >= 11 is 0. The van der Waals surface area contributed by atoms with E-state index in [1.54, 1.807) is 0 Å². The fraction of sp³-hybridized carbons (Fsp3) is 0.714. The molecular weight excluding hydrogens is 243 g/mol. The summed E-state index contributed by atoms with van der Waals surface area (Å²) in [5.74, 6) is -3.01. The number of amidine groups is 1. The minimum atomic E-state index is -4.61. The van der Waals surface area contributed by atoms with Crippen molar-refractivity contribution in [1.82, 2.24) is 10.6 Å². The van der Waals surface area contributed by atoms with Crippen LogP contribution in [0.3, 0.4) is 0 Å². The lowest BCUT2D eigenvalue weighted by Gasteiger charge is -2.19. The third kappa shape index (κ3) is 6.45. The number of rotatable bonds is 6. The molecular formula is C7H14F3N5O2. The number of carbonyl (C=O) groups excluding carboxylic acids is 1. The number of nitrogens with zero attached hydrogens (tertiary/aromatic N) is 1. The van der Waals surface area contributed by atoms with Crippen molar-refractivity contribution in [1.29, 1.82) is 0 Å². The molecule has 0 spiro atoms. The van der Waals surface area contributed by atoms with E-state index in [1.165, 1.54) is 0 Å². The first-order valence-electron chi connectivity index (χ1n) is 4.57. The number of oxime groups is 1. The van der Waals surface area contributed by atoms with Crippen LogP contribution >= 0.6 is 0 Å². The normalized spacial score (nSPS) is 14.4. The summed E-state index contributed by atoms with van der Waals surface area (Å²) < 4.78 is 37.2. The van der Waals surface area contributed by atoms with Crippen molar-refractivity contribution in [2.45, 2.75) is 6.18 Å². The Balaban J connectivity index is 4.07. The van der Waals surface area contributed by atoms with Crippen LogP contribution in [0.5, 0.6) is 0 Å². The average molecular weight is 257 g/mol. The summed E-state index contributed by atoms with van der Waals surface area (Å²) in [6, 6.07) is -0.768. The number of alkyl halides is 3. The lowest BCUT2D eigenvalue weighted by Crippen LogP contribution is -2.44. The van der Waals surface area contributed by atoms with E-state index in [0.29, 0.717) is 0 Å².